The number of likely N-dealkylation sites (tertiary alicyclic amines) is 1. The van der Waals surface area contributed by atoms with Crippen molar-refractivity contribution in [3.63, 3.8) is 0 Å². The van der Waals surface area contributed by atoms with Crippen molar-refractivity contribution in [1.29, 1.82) is 0 Å². The van der Waals surface area contributed by atoms with Crippen LogP contribution in [0.25, 0.3) is 11.0 Å². The maximum atomic E-state index is 12.0. The molecule has 0 unspecified atom stereocenters. The molecule has 26 heavy (non-hydrogen) atoms. The van der Waals surface area contributed by atoms with Gasteiger partial charge in [0.05, 0.1) is 34.5 Å². The van der Waals surface area contributed by atoms with E-state index in [4.69, 9.17) is 10.7 Å². The summed E-state index contributed by atoms with van der Waals surface area (Å²) < 4.78 is 1.76. The maximum absolute atomic E-state index is 12.0. The van der Waals surface area contributed by atoms with Crippen LogP contribution < -0.4 is 5.73 Å². The summed E-state index contributed by atoms with van der Waals surface area (Å²) in [6, 6.07) is 7.87. The molecular weight excluding hydrogens is 328 g/mol. The Bertz CT molecular complexity index is 966. The van der Waals surface area contributed by atoms with E-state index in [1.807, 2.05) is 50.6 Å². The molecule has 0 bridgehead atoms. The molecule has 1 amide bonds. The minimum atomic E-state index is -0.261. The first-order valence-electron chi connectivity index (χ1n) is 8.73. The highest BCUT2D eigenvalue weighted by Gasteiger charge is 2.38. The summed E-state index contributed by atoms with van der Waals surface area (Å²) in [5.74, 6) is -0.412. The average molecular weight is 350 g/mol. The van der Waals surface area contributed by atoms with Crippen LogP contribution in [0.3, 0.4) is 0 Å². The van der Waals surface area contributed by atoms with Crippen LogP contribution in [0, 0.1) is 12.8 Å². The summed E-state index contributed by atoms with van der Waals surface area (Å²) in [5.41, 5.74) is 10.4. The predicted octanol–water partition coefficient (Wildman–Crippen LogP) is 1.37. The van der Waals surface area contributed by atoms with E-state index in [9.17, 15) is 4.79 Å². The largest absolute Gasteiger partial charge is 0.369 e. The van der Waals surface area contributed by atoms with E-state index in [1.165, 1.54) is 0 Å². The highest BCUT2D eigenvalue weighted by molar-refractivity contribution is 5.78. The number of para-hydroxylation sites is 2. The number of amides is 1. The van der Waals surface area contributed by atoms with Gasteiger partial charge in [-0.3, -0.25) is 14.4 Å². The van der Waals surface area contributed by atoms with Crippen LogP contribution in [0.5, 0.6) is 0 Å². The molecule has 7 nitrogen and oxygen atoms in total. The van der Waals surface area contributed by atoms with Crippen molar-refractivity contribution < 1.29 is 4.79 Å². The lowest BCUT2D eigenvalue weighted by molar-refractivity contribution is -0.121. The fraction of sp³-hybridized carbons (Fsp3) is 0.368. The van der Waals surface area contributed by atoms with Gasteiger partial charge < -0.3 is 5.73 Å². The molecule has 0 spiro atoms. The van der Waals surface area contributed by atoms with Gasteiger partial charge in [0.2, 0.25) is 5.91 Å². The fourth-order valence-electron chi connectivity index (χ4n) is 3.76. The van der Waals surface area contributed by atoms with Crippen molar-refractivity contribution in [2.75, 3.05) is 13.1 Å². The highest BCUT2D eigenvalue weighted by Crippen LogP contribution is 2.33. The zero-order valence-electron chi connectivity index (χ0n) is 15.0. The summed E-state index contributed by atoms with van der Waals surface area (Å²) in [5, 5.41) is 4.24. The van der Waals surface area contributed by atoms with Crippen molar-refractivity contribution >= 4 is 16.9 Å². The molecule has 4 rings (SSSR count). The third-order valence-corrected chi connectivity index (χ3v) is 5.13. The second-order valence-corrected chi connectivity index (χ2v) is 7.00. The first-order chi connectivity index (χ1) is 12.5. The lowest BCUT2D eigenvalue weighted by atomic mass is 9.90. The van der Waals surface area contributed by atoms with Gasteiger partial charge in [-0.2, -0.15) is 5.10 Å². The quantitative estimate of drug-likeness (QED) is 0.767. The van der Waals surface area contributed by atoms with Crippen molar-refractivity contribution in [2.24, 2.45) is 18.7 Å². The van der Waals surface area contributed by atoms with Crippen LogP contribution in [0.4, 0.5) is 0 Å². The van der Waals surface area contributed by atoms with Gasteiger partial charge in [0, 0.05) is 38.8 Å². The van der Waals surface area contributed by atoms with Crippen LogP contribution in [-0.4, -0.2) is 43.6 Å². The third-order valence-electron chi connectivity index (χ3n) is 5.13. The van der Waals surface area contributed by atoms with Gasteiger partial charge in [-0.25, -0.2) is 9.97 Å². The van der Waals surface area contributed by atoms with Gasteiger partial charge in [-0.1, -0.05) is 12.1 Å². The minimum absolute atomic E-state index is 0.0647. The number of primary amides is 1. The van der Waals surface area contributed by atoms with Gasteiger partial charge in [0.15, 0.2) is 0 Å². The third kappa shape index (κ3) is 3.06. The van der Waals surface area contributed by atoms with Crippen molar-refractivity contribution in [1.82, 2.24) is 24.6 Å². The maximum Gasteiger partial charge on any atom is 0.222 e. The number of carbonyl (C=O) groups is 1. The van der Waals surface area contributed by atoms with Gasteiger partial charge in [-0.05, 0) is 24.6 Å². The Morgan fingerprint density at radius 2 is 1.96 bits per heavy atom. The zero-order chi connectivity index (χ0) is 18.3. The smallest absolute Gasteiger partial charge is 0.222 e. The number of benzene rings is 1. The molecule has 2 N–H and O–H groups in total. The number of nitrogens with two attached hydrogens (primary N) is 1. The molecule has 1 aliphatic heterocycles. The van der Waals surface area contributed by atoms with Crippen LogP contribution in [-0.2, 0) is 18.4 Å². The monoisotopic (exact) mass is 350 g/mol. The van der Waals surface area contributed by atoms with Crippen LogP contribution in [0.15, 0.2) is 36.7 Å². The fourth-order valence-corrected chi connectivity index (χ4v) is 3.76. The van der Waals surface area contributed by atoms with Crippen molar-refractivity contribution in [3.05, 3.63) is 53.6 Å². The van der Waals surface area contributed by atoms with E-state index in [2.05, 4.69) is 15.0 Å². The molecule has 3 aromatic rings. The van der Waals surface area contributed by atoms with E-state index >= 15 is 0 Å². The Kier molecular flexibility index (Phi) is 4.16. The van der Waals surface area contributed by atoms with Gasteiger partial charge >= 0.3 is 0 Å². The molecule has 7 heteroatoms. The number of rotatable bonds is 4. The normalized spacial score (nSPS) is 20.7. The zero-order valence-corrected chi connectivity index (χ0v) is 15.0. The number of carbonyl (C=O) groups excluding carboxylic acids is 1. The SMILES string of the molecule is Cc1nc2ccccc2nc1CN1C[C@H](C(N)=O)[C@@H](c2cnn(C)c2)C1. The number of hydrogen-bond acceptors (Lipinski definition) is 5. The Morgan fingerprint density at radius 1 is 1.23 bits per heavy atom. The number of aryl methyl sites for hydroxylation is 2. The average Bonchev–Trinajstić information content (AvgIpc) is 3.22. The molecule has 1 aliphatic rings. The summed E-state index contributed by atoms with van der Waals surface area (Å²) in [4.78, 5) is 23.6. The molecule has 0 saturated carbocycles. The van der Waals surface area contributed by atoms with Crippen LogP contribution >= 0.6 is 0 Å². The van der Waals surface area contributed by atoms with E-state index < -0.39 is 0 Å². The van der Waals surface area contributed by atoms with E-state index in [1.54, 1.807) is 4.68 Å². The van der Waals surface area contributed by atoms with E-state index in [0.717, 1.165) is 34.5 Å². The molecule has 1 saturated heterocycles. The Hall–Kier alpha value is -2.80. The van der Waals surface area contributed by atoms with Gasteiger partial charge in [-0.15, -0.1) is 0 Å². The first kappa shape index (κ1) is 16.7. The summed E-state index contributed by atoms with van der Waals surface area (Å²) >= 11 is 0. The number of aromatic nitrogens is 4. The summed E-state index contributed by atoms with van der Waals surface area (Å²) in [6.07, 6.45) is 3.79. The topological polar surface area (TPSA) is 89.9 Å². The molecule has 0 radical (unpaired) electrons. The van der Waals surface area contributed by atoms with Crippen LogP contribution in [0.1, 0.15) is 22.9 Å². The Morgan fingerprint density at radius 3 is 2.62 bits per heavy atom. The van der Waals surface area contributed by atoms with Gasteiger partial charge in [0.25, 0.3) is 0 Å². The lowest BCUT2D eigenvalue weighted by Gasteiger charge is -2.16. The van der Waals surface area contributed by atoms with Crippen molar-refractivity contribution in [3.8, 4) is 0 Å². The molecule has 0 aliphatic carbocycles. The second kappa shape index (κ2) is 6.49. The van der Waals surface area contributed by atoms with E-state index in [-0.39, 0.29) is 17.7 Å². The number of hydrogen-bond donors (Lipinski definition) is 1. The molecular formula is C19H22N6O. The summed E-state index contributed by atoms with van der Waals surface area (Å²) in [7, 11) is 1.88. The molecule has 1 fully saturated rings. The number of fused-ring (bicyclic) bond motifs is 1. The molecule has 2 atom stereocenters. The van der Waals surface area contributed by atoms with E-state index in [0.29, 0.717) is 13.1 Å². The second-order valence-electron chi connectivity index (χ2n) is 7.00. The standard InChI is InChI=1S/C19H22N6O/c1-12-18(23-17-6-4-3-5-16(17)22-12)11-25-9-14(15(10-25)19(20)26)13-7-21-24(2)8-13/h3-8,14-15H,9-11H2,1-2H3,(H2,20,26)/t14-,15+/m1/s1. The first-order valence-corrected chi connectivity index (χ1v) is 8.73. The molecule has 134 valence electrons. The number of nitrogens with zero attached hydrogens (tertiary/aromatic N) is 5. The molecule has 1 aromatic carbocycles. The van der Waals surface area contributed by atoms with Crippen LogP contribution in [0.2, 0.25) is 0 Å². The predicted molar refractivity (Wildman–Crippen MR) is 98.2 cm³/mol. The van der Waals surface area contributed by atoms with Gasteiger partial charge in [0.1, 0.15) is 0 Å². The molecule has 3 heterocycles. The van der Waals surface area contributed by atoms with Crippen molar-refractivity contribution in [2.45, 2.75) is 19.4 Å². The Balaban J connectivity index is 1.59. The lowest BCUT2D eigenvalue weighted by Crippen LogP contribution is -2.29. The Labute approximate surface area is 151 Å². The minimum Gasteiger partial charge on any atom is -0.369 e. The summed E-state index contributed by atoms with van der Waals surface area (Å²) in [6.45, 7) is 4.02. The molecule has 2 aromatic heterocycles. The highest BCUT2D eigenvalue weighted by atomic mass is 16.1.